The molecule has 0 saturated heterocycles. The summed E-state index contributed by atoms with van der Waals surface area (Å²) in [5.74, 6) is 0.0475. The van der Waals surface area contributed by atoms with Crippen molar-refractivity contribution >= 4 is 22.8 Å². The molecule has 0 aliphatic rings. The molecular weight excluding hydrogens is 336 g/mol. The summed E-state index contributed by atoms with van der Waals surface area (Å²) in [6, 6.07) is 14.3. The molecule has 0 unspecified atom stereocenters. The van der Waals surface area contributed by atoms with Crippen LogP contribution in [-0.4, -0.2) is 25.5 Å². The Hall–Kier alpha value is -3.48. The monoisotopic (exact) mass is 354 g/mol. The fourth-order valence-corrected chi connectivity index (χ4v) is 2.49. The third-order valence-electron chi connectivity index (χ3n) is 3.79. The van der Waals surface area contributed by atoms with Crippen molar-refractivity contribution in [1.82, 2.24) is 10.9 Å². The van der Waals surface area contributed by atoms with Gasteiger partial charge >= 0.3 is 5.91 Å². The summed E-state index contributed by atoms with van der Waals surface area (Å²) in [5.41, 5.74) is 5.94. The molecule has 0 spiro atoms. The minimum atomic E-state index is -0.538. The second-order valence-electron chi connectivity index (χ2n) is 5.49. The van der Waals surface area contributed by atoms with E-state index in [9.17, 15) is 9.59 Å². The molecule has 7 heteroatoms. The summed E-state index contributed by atoms with van der Waals surface area (Å²) >= 11 is 0. The highest BCUT2D eigenvalue weighted by atomic mass is 16.5. The van der Waals surface area contributed by atoms with Gasteiger partial charge in [0.2, 0.25) is 0 Å². The Morgan fingerprint density at radius 1 is 1.00 bits per heavy atom. The first kappa shape index (κ1) is 17.3. The summed E-state index contributed by atoms with van der Waals surface area (Å²) < 4.78 is 16.1. The van der Waals surface area contributed by atoms with Crippen LogP contribution in [0.25, 0.3) is 11.0 Å². The van der Waals surface area contributed by atoms with Gasteiger partial charge in [0.1, 0.15) is 5.58 Å². The van der Waals surface area contributed by atoms with Gasteiger partial charge in [-0.3, -0.25) is 20.4 Å². The van der Waals surface area contributed by atoms with Crippen molar-refractivity contribution in [1.29, 1.82) is 0 Å². The molecule has 7 nitrogen and oxygen atoms in total. The van der Waals surface area contributed by atoms with Gasteiger partial charge in [0.05, 0.1) is 7.11 Å². The molecule has 134 valence electrons. The Bertz CT molecular complexity index is 948. The molecule has 2 aromatic carbocycles. The fourth-order valence-electron chi connectivity index (χ4n) is 2.49. The molecule has 0 aliphatic heterocycles. The fraction of sp³-hybridized carbons (Fsp3) is 0.158. The molecule has 3 rings (SSSR count). The number of fused-ring (bicyclic) bond motifs is 1. The van der Waals surface area contributed by atoms with Gasteiger partial charge in [-0.25, -0.2) is 0 Å². The van der Waals surface area contributed by atoms with Crippen LogP contribution >= 0.6 is 0 Å². The minimum absolute atomic E-state index is 0.150. The summed E-state index contributed by atoms with van der Waals surface area (Å²) in [4.78, 5) is 24.1. The highest BCUT2D eigenvalue weighted by molar-refractivity contribution is 5.99. The van der Waals surface area contributed by atoms with Gasteiger partial charge in [0.25, 0.3) is 5.91 Å². The number of nitrogens with one attached hydrogen (secondary N) is 2. The second-order valence-corrected chi connectivity index (χ2v) is 5.49. The molecule has 3 aromatic rings. The van der Waals surface area contributed by atoms with E-state index in [4.69, 9.17) is 13.9 Å². The van der Waals surface area contributed by atoms with Gasteiger partial charge in [-0.15, -0.1) is 0 Å². The number of furan rings is 1. The van der Waals surface area contributed by atoms with Crippen LogP contribution in [0, 0.1) is 6.92 Å². The van der Waals surface area contributed by atoms with Gasteiger partial charge in [-0.1, -0.05) is 30.3 Å². The van der Waals surface area contributed by atoms with Crippen LogP contribution in [0.5, 0.6) is 11.5 Å². The SMILES string of the molecule is COc1ccccc1OCC(=O)NNC(=O)c1oc2ccccc2c1C. The maximum atomic E-state index is 12.2. The number of carbonyl (C=O) groups is 2. The van der Waals surface area contributed by atoms with Gasteiger partial charge in [-0.05, 0) is 25.1 Å². The zero-order chi connectivity index (χ0) is 18.5. The van der Waals surface area contributed by atoms with Gasteiger partial charge in [0, 0.05) is 10.9 Å². The molecular formula is C19H18N2O5. The van der Waals surface area contributed by atoms with Crippen molar-refractivity contribution in [2.45, 2.75) is 6.92 Å². The number of hydrazine groups is 1. The van der Waals surface area contributed by atoms with Crippen LogP contribution < -0.4 is 20.3 Å². The molecule has 0 saturated carbocycles. The number of carbonyl (C=O) groups excluding carboxylic acids is 2. The van der Waals surface area contributed by atoms with Crippen LogP contribution in [0.2, 0.25) is 0 Å². The average molecular weight is 354 g/mol. The number of hydrogen-bond acceptors (Lipinski definition) is 5. The Balaban J connectivity index is 1.57. The molecule has 2 amide bonds. The van der Waals surface area contributed by atoms with Gasteiger partial charge in [-0.2, -0.15) is 0 Å². The van der Waals surface area contributed by atoms with E-state index in [-0.39, 0.29) is 12.4 Å². The predicted octanol–water partition coefficient (Wildman–Crippen LogP) is 2.59. The number of methoxy groups -OCH3 is 1. The van der Waals surface area contributed by atoms with Crippen LogP contribution in [-0.2, 0) is 4.79 Å². The maximum Gasteiger partial charge on any atom is 0.305 e. The van der Waals surface area contributed by atoms with E-state index in [1.54, 1.807) is 37.3 Å². The molecule has 0 atom stereocenters. The van der Waals surface area contributed by atoms with Crippen LogP contribution in [0.1, 0.15) is 16.1 Å². The average Bonchev–Trinajstić information content (AvgIpc) is 3.01. The highest BCUT2D eigenvalue weighted by Crippen LogP contribution is 2.26. The zero-order valence-electron chi connectivity index (χ0n) is 14.4. The lowest BCUT2D eigenvalue weighted by atomic mass is 10.1. The molecule has 2 N–H and O–H groups in total. The summed E-state index contributed by atoms with van der Waals surface area (Å²) in [7, 11) is 1.51. The molecule has 1 aromatic heterocycles. The van der Waals surface area contributed by atoms with Crippen LogP contribution in [0.3, 0.4) is 0 Å². The topological polar surface area (TPSA) is 89.8 Å². The van der Waals surface area contributed by atoms with Crippen LogP contribution in [0.4, 0.5) is 0 Å². The minimum Gasteiger partial charge on any atom is -0.493 e. The number of hydrogen-bond donors (Lipinski definition) is 2. The van der Waals surface area contributed by atoms with E-state index in [1.165, 1.54) is 7.11 Å². The normalized spacial score (nSPS) is 10.4. The number of aryl methyl sites for hydroxylation is 1. The Kier molecular flexibility index (Phi) is 5.07. The standard InChI is InChI=1S/C19H18N2O5/c1-12-13-7-3-4-8-14(13)26-18(12)19(23)21-20-17(22)11-25-16-10-6-5-9-15(16)24-2/h3-10H,11H2,1-2H3,(H,20,22)(H,21,23). The highest BCUT2D eigenvalue weighted by Gasteiger charge is 2.18. The first-order valence-electron chi connectivity index (χ1n) is 7.93. The van der Waals surface area contributed by atoms with Gasteiger partial charge in [0.15, 0.2) is 23.9 Å². The number of benzene rings is 2. The third-order valence-corrected chi connectivity index (χ3v) is 3.79. The molecule has 0 bridgehead atoms. The molecule has 1 heterocycles. The number of ether oxygens (including phenoxy) is 2. The molecule has 0 aliphatic carbocycles. The quantitative estimate of drug-likeness (QED) is 0.688. The zero-order valence-corrected chi connectivity index (χ0v) is 14.4. The number of para-hydroxylation sites is 3. The van der Waals surface area contributed by atoms with Crippen LogP contribution in [0.15, 0.2) is 52.9 Å². The number of amides is 2. The van der Waals surface area contributed by atoms with Crippen molar-refractivity contribution < 1.29 is 23.5 Å². The molecule has 0 radical (unpaired) electrons. The lowest BCUT2D eigenvalue weighted by Gasteiger charge is -2.10. The summed E-state index contributed by atoms with van der Waals surface area (Å²) in [6.07, 6.45) is 0. The lowest BCUT2D eigenvalue weighted by Crippen LogP contribution is -2.43. The predicted molar refractivity (Wildman–Crippen MR) is 95.0 cm³/mol. The Morgan fingerprint density at radius 2 is 1.69 bits per heavy atom. The molecule has 0 fully saturated rings. The first-order chi connectivity index (χ1) is 12.6. The smallest absolute Gasteiger partial charge is 0.305 e. The van der Waals surface area contributed by atoms with E-state index >= 15 is 0 Å². The largest absolute Gasteiger partial charge is 0.493 e. The van der Waals surface area contributed by atoms with Crippen molar-refractivity contribution in [2.24, 2.45) is 0 Å². The Labute approximate surface area is 149 Å². The first-order valence-corrected chi connectivity index (χ1v) is 7.93. The molecule has 26 heavy (non-hydrogen) atoms. The van der Waals surface area contributed by atoms with E-state index in [0.717, 1.165) is 5.39 Å². The van der Waals surface area contributed by atoms with Crippen molar-refractivity contribution in [3.05, 3.63) is 59.9 Å². The van der Waals surface area contributed by atoms with E-state index < -0.39 is 11.8 Å². The van der Waals surface area contributed by atoms with Gasteiger partial charge < -0.3 is 13.9 Å². The van der Waals surface area contributed by atoms with Crippen molar-refractivity contribution in [3.63, 3.8) is 0 Å². The third kappa shape index (κ3) is 3.61. The second kappa shape index (κ2) is 7.60. The summed E-state index contributed by atoms with van der Waals surface area (Å²) in [5, 5.41) is 0.850. The Morgan fingerprint density at radius 3 is 2.42 bits per heavy atom. The van der Waals surface area contributed by atoms with E-state index in [0.29, 0.717) is 22.6 Å². The van der Waals surface area contributed by atoms with E-state index in [1.807, 2.05) is 18.2 Å². The number of rotatable bonds is 5. The summed E-state index contributed by atoms with van der Waals surface area (Å²) in [6.45, 7) is 1.51. The lowest BCUT2D eigenvalue weighted by molar-refractivity contribution is -0.123. The van der Waals surface area contributed by atoms with Crippen molar-refractivity contribution in [2.75, 3.05) is 13.7 Å². The van der Waals surface area contributed by atoms with E-state index in [2.05, 4.69) is 10.9 Å². The van der Waals surface area contributed by atoms with Crippen molar-refractivity contribution in [3.8, 4) is 11.5 Å². The maximum absolute atomic E-state index is 12.2.